The first-order valence-corrected chi connectivity index (χ1v) is 5.38. The van der Waals surface area contributed by atoms with Gasteiger partial charge in [0, 0.05) is 0 Å². The Morgan fingerprint density at radius 2 is 1.38 bits per heavy atom. The van der Waals surface area contributed by atoms with Crippen molar-refractivity contribution in [3.05, 3.63) is 0 Å². The predicted octanol–water partition coefficient (Wildman–Crippen LogP) is 0.861. The molecule has 0 aliphatic heterocycles. The molecule has 0 aromatic rings. The minimum absolute atomic E-state index is 0. The molecule has 74 valence electrons. The molecule has 0 aliphatic carbocycles. The van der Waals surface area contributed by atoms with E-state index in [0.29, 0.717) is 0 Å². The first-order valence-electron chi connectivity index (χ1n) is 3.92. The molecule has 0 spiro atoms. The van der Waals surface area contributed by atoms with Crippen LogP contribution in [0, 0.1) is 0 Å². The van der Waals surface area contributed by atoms with Gasteiger partial charge in [0.2, 0.25) is 0 Å². The van der Waals surface area contributed by atoms with Crippen molar-refractivity contribution in [3.8, 4) is 0 Å². The molecule has 13 heavy (non-hydrogen) atoms. The van der Waals surface area contributed by atoms with E-state index in [0.717, 1.165) is 0 Å². The molecule has 0 heterocycles. The van der Waals surface area contributed by atoms with Crippen LogP contribution < -0.4 is 0 Å². The quantitative estimate of drug-likeness (QED) is 0.489. The normalized spacial score (nSPS) is 11.8. The summed E-state index contributed by atoms with van der Waals surface area (Å²) in [4.78, 5) is 0. The number of hydrogen-bond acceptors (Lipinski definition) is 4. The summed E-state index contributed by atoms with van der Waals surface area (Å²) < 4.78 is 26.2. The molecule has 0 saturated heterocycles. The monoisotopic (exact) mass is 202 g/mol. The van der Waals surface area contributed by atoms with Crippen molar-refractivity contribution < 1.29 is 18.1 Å². The molecule has 0 aliphatic rings. The molecule has 7 heteroatoms. The topological polar surface area (TPSA) is 44.8 Å². The second-order valence-corrected chi connectivity index (χ2v) is 4.62. The van der Waals surface area contributed by atoms with Gasteiger partial charge in [-0.05, 0) is 27.7 Å². The molecule has 0 N–H and O–H groups in total. The fraction of sp³-hybridized carbons (Fsp3) is 1.00. The summed E-state index contributed by atoms with van der Waals surface area (Å²) >= 11 is 0. The summed E-state index contributed by atoms with van der Waals surface area (Å²) in [5.41, 5.74) is 0. The maximum absolute atomic E-state index is 11.5. The fourth-order valence-electron chi connectivity index (χ4n) is 0.627. The first kappa shape index (κ1) is 16.2. The van der Waals surface area contributed by atoms with Crippen LogP contribution in [0.15, 0.2) is 0 Å². The van der Waals surface area contributed by atoms with Crippen molar-refractivity contribution in [2.75, 3.05) is 0 Å². The summed E-state index contributed by atoms with van der Waals surface area (Å²) in [5, 5.41) is 0. The standard InChI is InChI=1S/C6H16BO4P.Li.H/c1-5(2)9-12(8,11-7)10-6(3)4;;/h5-6H,7H2,1-4H3;;. The molecule has 0 fully saturated rings. The number of phosphoric ester groups is 1. The zero-order valence-corrected chi connectivity index (χ0v) is 9.13. The van der Waals surface area contributed by atoms with Crippen molar-refractivity contribution in [2.45, 2.75) is 39.9 Å². The zero-order chi connectivity index (χ0) is 9.78. The van der Waals surface area contributed by atoms with Gasteiger partial charge in [0.05, 0.1) is 12.2 Å². The number of rotatable bonds is 5. The Kier molecular flexibility index (Phi) is 8.87. The van der Waals surface area contributed by atoms with Gasteiger partial charge in [0.25, 0.3) is 8.05 Å². The molecule has 0 unspecified atom stereocenters. The Labute approximate surface area is 92.9 Å². The first-order chi connectivity index (χ1) is 5.39. The Morgan fingerprint density at radius 1 is 1.08 bits per heavy atom. The summed E-state index contributed by atoms with van der Waals surface area (Å²) in [7, 11) is -2.00. The van der Waals surface area contributed by atoms with Crippen LogP contribution in [0.25, 0.3) is 0 Å². The Bertz CT molecular complexity index is 162. The van der Waals surface area contributed by atoms with E-state index in [4.69, 9.17) is 9.05 Å². The van der Waals surface area contributed by atoms with E-state index < -0.39 is 7.82 Å². The molecule has 0 bridgehead atoms. The van der Waals surface area contributed by atoms with Crippen LogP contribution in [0.4, 0.5) is 0 Å². The van der Waals surface area contributed by atoms with Crippen LogP contribution in [-0.4, -0.2) is 39.1 Å². The molecule has 0 saturated carbocycles. The van der Waals surface area contributed by atoms with Gasteiger partial charge in [0.15, 0.2) is 0 Å². The van der Waals surface area contributed by atoms with Gasteiger partial charge >= 0.3 is 26.7 Å². The van der Waals surface area contributed by atoms with Crippen LogP contribution in [-0.2, 0) is 18.1 Å². The number of hydrogen-bond donors (Lipinski definition) is 0. The summed E-state index contributed by atoms with van der Waals surface area (Å²) in [6.45, 7) is 7.09. The summed E-state index contributed by atoms with van der Waals surface area (Å²) in [6, 6.07) is 0. The fourth-order valence-corrected chi connectivity index (χ4v) is 1.88. The van der Waals surface area contributed by atoms with Crippen LogP contribution in [0.2, 0.25) is 0 Å². The van der Waals surface area contributed by atoms with Crippen LogP contribution in [0.5, 0.6) is 0 Å². The third kappa shape index (κ3) is 7.81. The van der Waals surface area contributed by atoms with Crippen molar-refractivity contribution in [2.24, 2.45) is 0 Å². The zero-order valence-electron chi connectivity index (χ0n) is 8.23. The van der Waals surface area contributed by atoms with Gasteiger partial charge in [-0.15, -0.1) is 0 Å². The summed E-state index contributed by atoms with van der Waals surface area (Å²) in [5.74, 6) is 0. The second kappa shape index (κ2) is 7.12. The van der Waals surface area contributed by atoms with E-state index in [1.165, 1.54) is 8.05 Å². The third-order valence-corrected chi connectivity index (χ3v) is 2.71. The minimum atomic E-state index is -3.31. The second-order valence-electron chi connectivity index (χ2n) is 2.94. The average Bonchev–Trinajstić information content (AvgIpc) is 1.83. The molecule has 0 amide bonds. The van der Waals surface area contributed by atoms with E-state index in [-0.39, 0.29) is 31.1 Å². The molecule has 4 nitrogen and oxygen atoms in total. The van der Waals surface area contributed by atoms with Gasteiger partial charge in [-0.25, -0.2) is 4.57 Å². The maximum atomic E-state index is 11.5. The third-order valence-electron chi connectivity index (χ3n) is 0.903. The van der Waals surface area contributed by atoms with Crippen LogP contribution in [0.3, 0.4) is 0 Å². The number of phosphoric acid groups is 1. The molecule has 0 rings (SSSR count). The Morgan fingerprint density at radius 3 is 1.54 bits per heavy atom. The van der Waals surface area contributed by atoms with Gasteiger partial charge < -0.3 is 4.44 Å². The van der Waals surface area contributed by atoms with E-state index >= 15 is 0 Å². The van der Waals surface area contributed by atoms with Crippen molar-refractivity contribution in [1.29, 1.82) is 0 Å². The van der Waals surface area contributed by atoms with E-state index in [2.05, 4.69) is 4.44 Å². The predicted molar refractivity (Wildman–Crippen MR) is 56.8 cm³/mol. The van der Waals surface area contributed by atoms with Gasteiger partial charge in [-0.1, -0.05) is 0 Å². The van der Waals surface area contributed by atoms with E-state index in [1.807, 2.05) is 0 Å². The van der Waals surface area contributed by atoms with Gasteiger partial charge in [-0.3, -0.25) is 9.05 Å². The van der Waals surface area contributed by atoms with E-state index in [9.17, 15) is 4.57 Å². The van der Waals surface area contributed by atoms with Crippen molar-refractivity contribution in [1.82, 2.24) is 0 Å². The van der Waals surface area contributed by atoms with Crippen LogP contribution >= 0.6 is 7.82 Å². The molecule has 0 aromatic heterocycles. The molecular formula is C6H17BLiO4P. The van der Waals surface area contributed by atoms with Gasteiger partial charge in [0.1, 0.15) is 0 Å². The molecular weight excluding hydrogens is 185 g/mol. The Hall–Kier alpha value is 0.772. The van der Waals surface area contributed by atoms with Crippen LogP contribution in [0.1, 0.15) is 27.7 Å². The average molecular weight is 202 g/mol. The van der Waals surface area contributed by atoms with Crippen molar-refractivity contribution >= 4 is 34.7 Å². The van der Waals surface area contributed by atoms with E-state index in [1.54, 1.807) is 27.7 Å². The molecule has 0 radical (unpaired) electrons. The molecule has 0 atom stereocenters. The SMILES string of the molecule is BOP(=O)(OC(C)C)OC(C)C.[LiH]. The van der Waals surface area contributed by atoms with Crippen molar-refractivity contribution in [3.63, 3.8) is 0 Å². The summed E-state index contributed by atoms with van der Waals surface area (Å²) in [6.07, 6.45) is -0.343. The molecule has 0 aromatic carbocycles. The Balaban J connectivity index is 0. The van der Waals surface area contributed by atoms with Gasteiger partial charge in [-0.2, -0.15) is 0 Å².